The summed E-state index contributed by atoms with van der Waals surface area (Å²) in [5.41, 5.74) is 5.09. The minimum Gasteiger partial charge on any atom is -0.310 e. The molecular weight excluding hydrogens is 386 g/mol. The van der Waals surface area contributed by atoms with Crippen molar-refractivity contribution in [2.45, 2.75) is 26.3 Å². The van der Waals surface area contributed by atoms with E-state index in [1.165, 1.54) is 16.2 Å². The first kappa shape index (κ1) is 20.6. The second kappa shape index (κ2) is 9.34. The van der Waals surface area contributed by atoms with Gasteiger partial charge >= 0.3 is 0 Å². The van der Waals surface area contributed by atoms with Gasteiger partial charge in [0.05, 0.1) is 12.8 Å². The molecule has 1 amide bonds. The molecule has 0 spiro atoms. The summed E-state index contributed by atoms with van der Waals surface area (Å²) in [5.74, 6) is -0.0932. The van der Waals surface area contributed by atoms with Crippen molar-refractivity contribution in [3.8, 4) is 0 Å². The van der Waals surface area contributed by atoms with E-state index in [2.05, 4.69) is 24.4 Å². The standard InChI is InChI=1S/C23H22ClN3O2/c1-16(2)19-9-5-17(6-10-19)14-25-26-22(28)21-4-3-13-27(23(21)29)15-18-7-11-20(24)12-8-18/h3-14,16H,15H2,1-2H3,(H,26,28)/b25-14-. The number of rotatable bonds is 6. The average molecular weight is 408 g/mol. The zero-order chi connectivity index (χ0) is 20.8. The third-order valence-electron chi connectivity index (χ3n) is 4.51. The maximum absolute atomic E-state index is 12.6. The van der Waals surface area contributed by atoms with E-state index >= 15 is 0 Å². The maximum atomic E-state index is 12.6. The molecule has 0 aliphatic carbocycles. The molecule has 0 fully saturated rings. The van der Waals surface area contributed by atoms with Crippen LogP contribution in [0.2, 0.25) is 5.02 Å². The fourth-order valence-corrected chi connectivity index (χ4v) is 2.94. The number of nitrogens with zero attached hydrogens (tertiary/aromatic N) is 2. The van der Waals surface area contributed by atoms with Crippen molar-refractivity contribution >= 4 is 23.7 Å². The van der Waals surface area contributed by atoms with Crippen molar-refractivity contribution in [1.82, 2.24) is 9.99 Å². The van der Waals surface area contributed by atoms with Gasteiger partial charge in [0.2, 0.25) is 0 Å². The van der Waals surface area contributed by atoms with Crippen molar-refractivity contribution in [2.24, 2.45) is 5.10 Å². The van der Waals surface area contributed by atoms with Gasteiger partial charge in [0.1, 0.15) is 5.56 Å². The Kier molecular flexibility index (Phi) is 6.62. The lowest BCUT2D eigenvalue weighted by Crippen LogP contribution is -2.30. The van der Waals surface area contributed by atoms with Gasteiger partial charge in [-0.2, -0.15) is 5.10 Å². The largest absolute Gasteiger partial charge is 0.310 e. The first-order valence-corrected chi connectivity index (χ1v) is 9.69. The highest BCUT2D eigenvalue weighted by molar-refractivity contribution is 6.30. The summed E-state index contributed by atoms with van der Waals surface area (Å²) < 4.78 is 1.48. The molecule has 0 aliphatic heterocycles. The van der Waals surface area contributed by atoms with Gasteiger partial charge < -0.3 is 4.57 Å². The fraction of sp³-hybridized carbons (Fsp3) is 0.174. The highest BCUT2D eigenvalue weighted by Gasteiger charge is 2.11. The molecule has 148 valence electrons. The molecule has 2 aromatic carbocycles. The van der Waals surface area contributed by atoms with E-state index in [0.29, 0.717) is 17.5 Å². The summed E-state index contributed by atoms with van der Waals surface area (Å²) in [6.45, 7) is 4.61. The van der Waals surface area contributed by atoms with Crippen LogP contribution < -0.4 is 11.0 Å². The maximum Gasteiger partial charge on any atom is 0.276 e. The minimum absolute atomic E-state index is 0.0359. The fourth-order valence-electron chi connectivity index (χ4n) is 2.81. The highest BCUT2D eigenvalue weighted by Crippen LogP contribution is 2.14. The normalized spacial score (nSPS) is 11.2. The van der Waals surface area contributed by atoms with Crippen molar-refractivity contribution in [2.75, 3.05) is 0 Å². The van der Waals surface area contributed by atoms with Crippen LogP contribution in [-0.2, 0) is 6.54 Å². The molecule has 0 aliphatic rings. The van der Waals surface area contributed by atoms with Crippen LogP contribution in [0.3, 0.4) is 0 Å². The second-order valence-electron chi connectivity index (χ2n) is 7.00. The predicted molar refractivity (Wildman–Crippen MR) is 117 cm³/mol. The monoisotopic (exact) mass is 407 g/mol. The number of carbonyl (C=O) groups excluding carboxylic acids is 1. The van der Waals surface area contributed by atoms with Gasteiger partial charge in [-0.15, -0.1) is 0 Å². The Morgan fingerprint density at radius 2 is 1.79 bits per heavy atom. The molecule has 0 saturated carbocycles. The Balaban J connectivity index is 1.69. The topological polar surface area (TPSA) is 63.5 Å². The van der Waals surface area contributed by atoms with Crippen molar-refractivity contribution in [3.05, 3.63) is 104 Å². The van der Waals surface area contributed by atoms with Crippen LogP contribution >= 0.6 is 11.6 Å². The Bertz CT molecular complexity index is 1070. The molecule has 3 aromatic rings. The molecule has 3 rings (SSSR count). The Hall–Kier alpha value is -3.18. The van der Waals surface area contributed by atoms with Crippen molar-refractivity contribution in [3.63, 3.8) is 0 Å². The molecule has 1 heterocycles. The summed E-state index contributed by atoms with van der Waals surface area (Å²) in [6, 6.07) is 18.3. The van der Waals surface area contributed by atoms with Crippen LogP contribution in [0.5, 0.6) is 0 Å². The number of carbonyl (C=O) groups is 1. The van der Waals surface area contributed by atoms with Gasteiger partial charge in [0.25, 0.3) is 11.5 Å². The van der Waals surface area contributed by atoms with Crippen LogP contribution in [0.25, 0.3) is 0 Å². The van der Waals surface area contributed by atoms with Crippen LogP contribution in [0, 0.1) is 0 Å². The summed E-state index contributed by atoms with van der Waals surface area (Å²) in [4.78, 5) is 25.0. The minimum atomic E-state index is -0.546. The molecule has 1 N–H and O–H groups in total. The zero-order valence-corrected chi connectivity index (χ0v) is 17.1. The van der Waals surface area contributed by atoms with E-state index < -0.39 is 5.91 Å². The molecule has 0 atom stereocenters. The molecule has 5 nitrogen and oxygen atoms in total. The number of hydrogen-bond donors (Lipinski definition) is 1. The average Bonchev–Trinajstić information content (AvgIpc) is 2.71. The number of hydrazone groups is 1. The quantitative estimate of drug-likeness (QED) is 0.485. The highest BCUT2D eigenvalue weighted by atomic mass is 35.5. The molecule has 0 bridgehead atoms. The predicted octanol–water partition coefficient (Wildman–Crippen LogP) is 4.44. The molecule has 1 aromatic heterocycles. The van der Waals surface area contributed by atoms with E-state index in [9.17, 15) is 9.59 Å². The summed E-state index contributed by atoms with van der Waals surface area (Å²) >= 11 is 5.89. The number of hydrogen-bond acceptors (Lipinski definition) is 3. The number of amides is 1. The summed E-state index contributed by atoms with van der Waals surface area (Å²) in [6.07, 6.45) is 3.20. The molecule has 0 saturated heterocycles. The molecule has 0 unspecified atom stereocenters. The SMILES string of the molecule is CC(C)c1ccc(/C=N\NC(=O)c2cccn(Cc3ccc(Cl)cc3)c2=O)cc1. The van der Waals surface area contributed by atoms with E-state index in [1.54, 1.807) is 30.6 Å². The third-order valence-corrected chi connectivity index (χ3v) is 4.77. The van der Waals surface area contributed by atoms with E-state index in [-0.39, 0.29) is 11.1 Å². The van der Waals surface area contributed by atoms with Crippen LogP contribution in [0.4, 0.5) is 0 Å². The van der Waals surface area contributed by atoms with Gasteiger partial charge in [-0.3, -0.25) is 9.59 Å². The van der Waals surface area contributed by atoms with E-state index in [0.717, 1.165) is 11.1 Å². The first-order valence-electron chi connectivity index (χ1n) is 9.31. The Morgan fingerprint density at radius 3 is 2.45 bits per heavy atom. The summed E-state index contributed by atoms with van der Waals surface area (Å²) in [5, 5.41) is 4.60. The van der Waals surface area contributed by atoms with Crippen molar-refractivity contribution < 1.29 is 4.79 Å². The lowest BCUT2D eigenvalue weighted by atomic mass is 10.0. The lowest BCUT2D eigenvalue weighted by Gasteiger charge is -2.08. The summed E-state index contributed by atoms with van der Waals surface area (Å²) in [7, 11) is 0. The Morgan fingerprint density at radius 1 is 1.10 bits per heavy atom. The number of pyridine rings is 1. The number of aromatic nitrogens is 1. The van der Waals surface area contributed by atoms with Gasteiger partial charge in [0, 0.05) is 11.2 Å². The smallest absolute Gasteiger partial charge is 0.276 e. The lowest BCUT2D eigenvalue weighted by molar-refractivity contribution is 0.0953. The molecular formula is C23H22ClN3O2. The van der Waals surface area contributed by atoms with Gasteiger partial charge in [0.15, 0.2) is 0 Å². The van der Waals surface area contributed by atoms with E-state index in [4.69, 9.17) is 11.6 Å². The first-order chi connectivity index (χ1) is 13.9. The van der Waals surface area contributed by atoms with E-state index in [1.807, 2.05) is 36.4 Å². The second-order valence-corrected chi connectivity index (χ2v) is 7.44. The number of benzene rings is 2. The molecule has 0 radical (unpaired) electrons. The van der Waals surface area contributed by atoms with Gasteiger partial charge in [-0.25, -0.2) is 5.43 Å². The van der Waals surface area contributed by atoms with Gasteiger partial charge in [-0.05, 0) is 46.9 Å². The molecule has 29 heavy (non-hydrogen) atoms. The van der Waals surface area contributed by atoms with Crippen LogP contribution in [-0.4, -0.2) is 16.7 Å². The third kappa shape index (κ3) is 5.42. The van der Waals surface area contributed by atoms with Crippen LogP contribution in [0.1, 0.15) is 46.8 Å². The van der Waals surface area contributed by atoms with Crippen LogP contribution in [0.15, 0.2) is 76.8 Å². The van der Waals surface area contributed by atoms with Crippen molar-refractivity contribution in [1.29, 1.82) is 0 Å². The number of halogens is 1. The number of nitrogens with one attached hydrogen (secondary N) is 1. The van der Waals surface area contributed by atoms with Gasteiger partial charge in [-0.1, -0.05) is 61.8 Å². The Labute approximate surface area is 174 Å². The zero-order valence-electron chi connectivity index (χ0n) is 16.3. The molecule has 6 heteroatoms.